The Hall–Kier alpha value is -3.46. The van der Waals surface area contributed by atoms with Gasteiger partial charge in [0.25, 0.3) is 5.91 Å². The van der Waals surface area contributed by atoms with Gasteiger partial charge in [0.05, 0.1) is 15.9 Å². The van der Waals surface area contributed by atoms with Crippen molar-refractivity contribution in [3.63, 3.8) is 0 Å². The summed E-state index contributed by atoms with van der Waals surface area (Å²) in [6.45, 7) is 0. The fourth-order valence-corrected chi connectivity index (χ4v) is 3.30. The highest BCUT2D eigenvalue weighted by Gasteiger charge is 2.16. The number of carbonyl (C=O) groups is 1. The number of amides is 1. The molecule has 2 heterocycles. The van der Waals surface area contributed by atoms with Gasteiger partial charge in [0.2, 0.25) is 5.43 Å². The molecule has 0 aliphatic carbocycles. The Balaban J connectivity index is 1.65. The summed E-state index contributed by atoms with van der Waals surface area (Å²) >= 11 is 1.08. The number of carbonyl (C=O) groups excluding carboxylic acids is 1. The van der Waals surface area contributed by atoms with Crippen LogP contribution in [0.5, 0.6) is 0 Å². The van der Waals surface area contributed by atoms with Crippen molar-refractivity contribution in [3.05, 3.63) is 82.3 Å². The molecule has 2 aromatic carbocycles. The SMILES string of the molecule is O=C(Nc1nc2ccc(F)cc2s1)c1nn(-c2ccc(F)cc2)ccc1=O. The zero-order valence-electron chi connectivity index (χ0n) is 13.5. The van der Waals surface area contributed by atoms with Crippen molar-refractivity contribution < 1.29 is 13.6 Å². The van der Waals surface area contributed by atoms with Gasteiger partial charge < -0.3 is 0 Å². The van der Waals surface area contributed by atoms with Crippen LogP contribution in [0.25, 0.3) is 15.9 Å². The molecule has 9 heteroatoms. The first-order chi connectivity index (χ1) is 13.0. The van der Waals surface area contributed by atoms with Crippen LogP contribution in [-0.4, -0.2) is 20.7 Å². The molecule has 0 aliphatic rings. The average molecular weight is 384 g/mol. The lowest BCUT2D eigenvalue weighted by Crippen LogP contribution is -2.25. The Bertz CT molecular complexity index is 1220. The number of benzene rings is 2. The smallest absolute Gasteiger partial charge is 0.281 e. The van der Waals surface area contributed by atoms with Crippen molar-refractivity contribution in [1.82, 2.24) is 14.8 Å². The van der Waals surface area contributed by atoms with E-state index in [1.165, 1.54) is 59.4 Å². The molecule has 0 unspecified atom stereocenters. The maximum atomic E-state index is 13.3. The number of fused-ring (bicyclic) bond motifs is 1. The first-order valence-electron chi connectivity index (χ1n) is 7.73. The molecule has 0 fully saturated rings. The minimum Gasteiger partial charge on any atom is -0.296 e. The lowest BCUT2D eigenvalue weighted by molar-refractivity contribution is 0.101. The summed E-state index contributed by atoms with van der Waals surface area (Å²) in [4.78, 5) is 28.7. The average Bonchev–Trinajstić information content (AvgIpc) is 3.04. The van der Waals surface area contributed by atoms with Crippen molar-refractivity contribution in [2.24, 2.45) is 0 Å². The topological polar surface area (TPSA) is 76.9 Å². The molecule has 0 saturated heterocycles. The lowest BCUT2D eigenvalue weighted by Gasteiger charge is -2.07. The van der Waals surface area contributed by atoms with Gasteiger partial charge in [-0.3, -0.25) is 14.9 Å². The van der Waals surface area contributed by atoms with Gasteiger partial charge in [0.15, 0.2) is 10.8 Å². The molecule has 0 bridgehead atoms. The first-order valence-corrected chi connectivity index (χ1v) is 8.54. The van der Waals surface area contributed by atoms with Crippen LogP contribution >= 0.6 is 11.3 Å². The number of anilines is 1. The maximum absolute atomic E-state index is 13.3. The van der Waals surface area contributed by atoms with Gasteiger partial charge in [-0.1, -0.05) is 11.3 Å². The van der Waals surface area contributed by atoms with Crippen LogP contribution in [-0.2, 0) is 0 Å². The van der Waals surface area contributed by atoms with E-state index in [9.17, 15) is 18.4 Å². The number of rotatable bonds is 3. The lowest BCUT2D eigenvalue weighted by atomic mass is 10.3. The standard InChI is InChI=1S/C18H10F2N4O2S/c19-10-1-4-12(5-2-10)24-8-7-14(25)16(23-24)17(26)22-18-21-13-6-3-11(20)9-15(13)27-18/h1-9H,(H,21,22,26). The molecule has 4 aromatic rings. The van der Waals surface area contributed by atoms with Crippen LogP contribution in [0.4, 0.5) is 13.9 Å². The summed E-state index contributed by atoms with van der Waals surface area (Å²) in [5.74, 6) is -1.56. The Morgan fingerprint density at radius 3 is 2.56 bits per heavy atom. The zero-order chi connectivity index (χ0) is 19.0. The first kappa shape index (κ1) is 17.0. The molecule has 27 heavy (non-hydrogen) atoms. The zero-order valence-corrected chi connectivity index (χ0v) is 14.3. The maximum Gasteiger partial charge on any atom is 0.281 e. The molecule has 4 rings (SSSR count). The summed E-state index contributed by atoms with van der Waals surface area (Å²) in [5, 5.41) is 6.75. The van der Waals surface area contributed by atoms with Crippen LogP contribution in [0, 0.1) is 11.6 Å². The number of nitrogens with zero attached hydrogens (tertiary/aromatic N) is 3. The molecule has 0 saturated carbocycles. The van der Waals surface area contributed by atoms with Crippen molar-refractivity contribution >= 4 is 32.6 Å². The van der Waals surface area contributed by atoms with Gasteiger partial charge in [0.1, 0.15) is 11.6 Å². The third kappa shape index (κ3) is 3.44. The van der Waals surface area contributed by atoms with Crippen molar-refractivity contribution in [3.8, 4) is 5.69 Å². The van der Waals surface area contributed by atoms with E-state index >= 15 is 0 Å². The number of hydrogen-bond donors (Lipinski definition) is 1. The Kier molecular flexibility index (Phi) is 4.21. The number of hydrogen-bond acceptors (Lipinski definition) is 5. The van der Waals surface area contributed by atoms with E-state index in [-0.39, 0.29) is 10.8 Å². The molecule has 1 amide bonds. The molecule has 0 atom stereocenters. The summed E-state index contributed by atoms with van der Waals surface area (Å²) < 4.78 is 28.2. The van der Waals surface area contributed by atoms with Gasteiger partial charge in [-0.2, -0.15) is 5.10 Å². The fraction of sp³-hybridized carbons (Fsp3) is 0. The third-order valence-corrected chi connectivity index (χ3v) is 4.62. The molecule has 6 nitrogen and oxygen atoms in total. The highest BCUT2D eigenvalue weighted by molar-refractivity contribution is 7.22. The van der Waals surface area contributed by atoms with E-state index in [2.05, 4.69) is 15.4 Å². The van der Waals surface area contributed by atoms with Crippen LogP contribution in [0.3, 0.4) is 0 Å². The van der Waals surface area contributed by atoms with Gasteiger partial charge >= 0.3 is 0 Å². The van der Waals surface area contributed by atoms with E-state index in [4.69, 9.17) is 0 Å². The number of halogens is 2. The quantitative estimate of drug-likeness (QED) is 0.588. The number of nitrogens with one attached hydrogen (secondary N) is 1. The van der Waals surface area contributed by atoms with Crippen LogP contribution in [0.15, 0.2) is 59.5 Å². The molecule has 0 spiro atoms. The van der Waals surface area contributed by atoms with E-state index in [1.54, 1.807) is 0 Å². The van der Waals surface area contributed by atoms with Gasteiger partial charge in [-0.15, -0.1) is 0 Å². The highest BCUT2D eigenvalue weighted by atomic mass is 32.1. The Morgan fingerprint density at radius 1 is 1.04 bits per heavy atom. The van der Waals surface area contributed by atoms with Gasteiger partial charge in [-0.05, 0) is 42.5 Å². The van der Waals surface area contributed by atoms with E-state index in [0.717, 1.165) is 11.3 Å². The number of thiazole rings is 1. The van der Waals surface area contributed by atoms with Crippen LogP contribution in [0.2, 0.25) is 0 Å². The predicted octanol–water partition coefficient (Wildman–Crippen LogP) is 3.37. The van der Waals surface area contributed by atoms with Gasteiger partial charge in [-0.25, -0.2) is 18.4 Å². The van der Waals surface area contributed by atoms with Crippen molar-refractivity contribution in [2.45, 2.75) is 0 Å². The second-order valence-electron chi connectivity index (χ2n) is 5.53. The van der Waals surface area contributed by atoms with Crippen LogP contribution in [0.1, 0.15) is 10.5 Å². The molecule has 134 valence electrons. The minimum absolute atomic E-state index is 0.221. The molecule has 1 N–H and O–H groups in total. The summed E-state index contributed by atoms with van der Waals surface area (Å²) in [7, 11) is 0. The molecule has 0 aliphatic heterocycles. The Labute approximate surface area is 154 Å². The Morgan fingerprint density at radius 2 is 1.78 bits per heavy atom. The second kappa shape index (κ2) is 6.69. The monoisotopic (exact) mass is 384 g/mol. The molecule has 2 aromatic heterocycles. The van der Waals surface area contributed by atoms with E-state index in [0.29, 0.717) is 15.9 Å². The summed E-state index contributed by atoms with van der Waals surface area (Å²) in [5.41, 5.74) is 0.104. The molecular weight excluding hydrogens is 374 g/mol. The largest absolute Gasteiger partial charge is 0.296 e. The van der Waals surface area contributed by atoms with Crippen molar-refractivity contribution in [2.75, 3.05) is 5.32 Å². The predicted molar refractivity (Wildman–Crippen MR) is 97.3 cm³/mol. The molecule has 0 radical (unpaired) electrons. The van der Waals surface area contributed by atoms with Gasteiger partial charge in [0, 0.05) is 12.3 Å². The fourth-order valence-electron chi connectivity index (χ4n) is 2.41. The third-order valence-electron chi connectivity index (χ3n) is 3.69. The summed E-state index contributed by atoms with van der Waals surface area (Å²) in [6.07, 6.45) is 1.38. The number of aromatic nitrogens is 3. The van der Waals surface area contributed by atoms with Crippen LogP contribution < -0.4 is 10.7 Å². The summed E-state index contributed by atoms with van der Waals surface area (Å²) in [6, 6.07) is 10.7. The van der Waals surface area contributed by atoms with Crippen molar-refractivity contribution in [1.29, 1.82) is 0 Å². The highest BCUT2D eigenvalue weighted by Crippen LogP contribution is 2.26. The van der Waals surface area contributed by atoms with E-state index in [1.807, 2.05) is 0 Å². The normalized spacial score (nSPS) is 10.9. The molecular formula is C18H10F2N4O2S. The van der Waals surface area contributed by atoms with E-state index < -0.39 is 23.0 Å². The minimum atomic E-state index is -0.740. The second-order valence-corrected chi connectivity index (χ2v) is 6.57.